The smallest absolute Gasteiger partial charge is 0.215 e. The van der Waals surface area contributed by atoms with Gasteiger partial charge in [-0.25, -0.2) is 0 Å². The van der Waals surface area contributed by atoms with E-state index in [1.54, 1.807) is 0 Å². The molecule has 4 fully saturated rings. The van der Waals surface area contributed by atoms with E-state index in [2.05, 4.69) is 19.9 Å². The summed E-state index contributed by atoms with van der Waals surface area (Å²) in [4.78, 5) is 11.4. The Kier molecular flexibility index (Phi) is 3.54. The van der Waals surface area contributed by atoms with Crippen molar-refractivity contribution < 1.29 is 24.1 Å². The first-order valence-corrected chi connectivity index (χ1v) is 9.75. The zero-order valence-electron chi connectivity index (χ0n) is 15.0. The fraction of sp³-hybridized carbons (Fsp3) is 0.850. The number of hydrogen-bond donors (Lipinski definition) is 1. The molecule has 138 valence electrons. The molecule has 3 aliphatic carbocycles. The first-order valence-electron chi connectivity index (χ1n) is 9.75. The van der Waals surface area contributed by atoms with Gasteiger partial charge >= 0.3 is 0 Å². The molecular weight excluding hydrogens is 320 g/mol. The van der Waals surface area contributed by atoms with Crippen LogP contribution in [-0.4, -0.2) is 48.2 Å². The highest BCUT2D eigenvalue weighted by Gasteiger charge is 2.61. The Hall–Kier alpha value is -0.750. The highest BCUT2D eigenvalue weighted by atomic mass is 16.7. The monoisotopic (exact) mass is 348 g/mol. The summed E-state index contributed by atoms with van der Waals surface area (Å²) in [7, 11) is 0. The number of ether oxygens (including phenoxy) is 3. The summed E-state index contributed by atoms with van der Waals surface area (Å²) in [5.74, 6) is 1.20. The van der Waals surface area contributed by atoms with Crippen LogP contribution < -0.4 is 0 Å². The fourth-order valence-corrected chi connectivity index (χ4v) is 6.28. The first kappa shape index (κ1) is 16.4. The SMILES string of the molecule is CC1(C)C2=CCCC1(O)CC1C3COC3CCC1C1OC(C=O)OC21. The molecule has 5 aliphatic rings. The lowest BCUT2D eigenvalue weighted by Crippen LogP contribution is -2.61. The van der Waals surface area contributed by atoms with E-state index >= 15 is 0 Å². The van der Waals surface area contributed by atoms with E-state index in [1.807, 2.05) is 0 Å². The fourth-order valence-electron chi connectivity index (χ4n) is 6.28. The maximum atomic E-state index is 11.7. The molecule has 2 aliphatic heterocycles. The lowest BCUT2D eigenvalue weighted by Gasteiger charge is -2.58. The minimum Gasteiger partial charge on any atom is -0.389 e. The zero-order valence-corrected chi connectivity index (χ0v) is 15.0. The molecule has 0 aromatic carbocycles. The quantitative estimate of drug-likeness (QED) is 0.581. The zero-order chi connectivity index (χ0) is 17.4. The van der Waals surface area contributed by atoms with Crippen LogP contribution in [0.2, 0.25) is 0 Å². The van der Waals surface area contributed by atoms with Crippen molar-refractivity contribution in [3.63, 3.8) is 0 Å². The topological polar surface area (TPSA) is 65.0 Å². The third-order valence-corrected chi connectivity index (χ3v) is 7.96. The van der Waals surface area contributed by atoms with Gasteiger partial charge in [-0.15, -0.1) is 0 Å². The van der Waals surface area contributed by atoms with Gasteiger partial charge in [-0.05, 0) is 49.5 Å². The van der Waals surface area contributed by atoms with Crippen molar-refractivity contribution in [3.8, 4) is 0 Å². The Bertz CT molecular complexity index is 613. The van der Waals surface area contributed by atoms with Crippen LogP contribution in [0.15, 0.2) is 11.6 Å². The third-order valence-electron chi connectivity index (χ3n) is 7.96. The molecule has 2 bridgehead atoms. The summed E-state index contributed by atoms with van der Waals surface area (Å²) in [5.41, 5.74) is 0.0177. The van der Waals surface area contributed by atoms with Crippen LogP contribution in [-0.2, 0) is 19.0 Å². The van der Waals surface area contributed by atoms with Crippen molar-refractivity contribution >= 4 is 6.29 Å². The minimum absolute atomic E-state index is 0.0880. The normalized spacial score (nSPS) is 53.2. The first-order chi connectivity index (χ1) is 11.9. The number of carbonyl (C=O) groups excluding carboxylic acids is 1. The van der Waals surface area contributed by atoms with Crippen molar-refractivity contribution in [3.05, 3.63) is 11.6 Å². The molecular formula is C20H28O5. The summed E-state index contributed by atoms with van der Waals surface area (Å²) in [6.07, 6.45) is 6.75. The molecule has 0 aromatic rings. The maximum Gasteiger partial charge on any atom is 0.215 e. The molecule has 2 saturated heterocycles. The van der Waals surface area contributed by atoms with E-state index in [0.717, 1.165) is 50.6 Å². The maximum absolute atomic E-state index is 11.7. The Morgan fingerprint density at radius 3 is 2.76 bits per heavy atom. The molecule has 8 unspecified atom stereocenters. The number of hydrogen-bond acceptors (Lipinski definition) is 5. The number of carbonyl (C=O) groups is 1. The molecule has 25 heavy (non-hydrogen) atoms. The molecule has 0 aromatic heterocycles. The van der Waals surface area contributed by atoms with Crippen molar-refractivity contribution in [1.82, 2.24) is 0 Å². The Morgan fingerprint density at radius 1 is 1.20 bits per heavy atom. The number of aliphatic hydroxyl groups is 1. The number of allylic oxidation sites excluding steroid dienone is 1. The van der Waals surface area contributed by atoms with Crippen molar-refractivity contribution in [1.29, 1.82) is 0 Å². The third kappa shape index (κ3) is 2.13. The molecule has 0 spiro atoms. The summed E-state index contributed by atoms with van der Waals surface area (Å²) in [5, 5.41) is 11.7. The standard InChI is InChI=1S/C20H28O5/c1-19(2)14-4-3-7-20(19,22)8-12-11(5-6-15-13(12)10-23-15)17-18(14)25-16(9-21)24-17/h4,9,11-13,15-18,22H,3,5-8,10H2,1-2H3. The van der Waals surface area contributed by atoms with Crippen LogP contribution >= 0.6 is 0 Å². The van der Waals surface area contributed by atoms with Crippen LogP contribution in [0.3, 0.4) is 0 Å². The van der Waals surface area contributed by atoms with Gasteiger partial charge < -0.3 is 19.3 Å². The molecule has 2 saturated carbocycles. The summed E-state index contributed by atoms with van der Waals surface area (Å²) in [6, 6.07) is 0. The van der Waals surface area contributed by atoms with Gasteiger partial charge in [0.1, 0.15) is 6.10 Å². The van der Waals surface area contributed by atoms with Gasteiger partial charge in [0.05, 0.1) is 24.4 Å². The minimum atomic E-state index is -0.782. The number of aldehydes is 1. The van der Waals surface area contributed by atoms with Gasteiger partial charge in [0.15, 0.2) is 6.29 Å². The number of fused-ring (bicyclic) bond motifs is 8. The van der Waals surface area contributed by atoms with Crippen LogP contribution in [0.4, 0.5) is 0 Å². The Balaban J connectivity index is 1.61. The van der Waals surface area contributed by atoms with Gasteiger partial charge in [0.2, 0.25) is 6.29 Å². The average molecular weight is 348 g/mol. The molecule has 2 heterocycles. The van der Waals surface area contributed by atoms with Crippen molar-refractivity contribution in [2.24, 2.45) is 23.2 Å². The van der Waals surface area contributed by atoms with Crippen molar-refractivity contribution in [2.75, 3.05) is 6.61 Å². The van der Waals surface area contributed by atoms with E-state index in [0.29, 0.717) is 23.9 Å². The second-order valence-electron chi connectivity index (χ2n) is 9.16. The highest BCUT2D eigenvalue weighted by molar-refractivity contribution is 5.54. The molecule has 5 rings (SSSR count). The number of rotatable bonds is 1. The van der Waals surface area contributed by atoms with Gasteiger partial charge in [0, 0.05) is 11.3 Å². The molecule has 8 atom stereocenters. The Morgan fingerprint density at radius 2 is 2.04 bits per heavy atom. The predicted molar refractivity (Wildman–Crippen MR) is 89.7 cm³/mol. The van der Waals surface area contributed by atoms with E-state index in [4.69, 9.17) is 14.2 Å². The van der Waals surface area contributed by atoms with Crippen LogP contribution in [0, 0.1) is 23.2 Å². The summed E-state index contributed by atoms with van der Waals surface area (Å²) < 4.78 is 17.9. The van der Waals surface area contributed by atoms with Crippen LogP contribution in [0.25, 0.3) is 0 Å². The summed E-state index contributed by atoms with van der Waals surface area (Å²) >= 11 is 0. The molecule has 1 N–H and O–H groups in total. The van der Waals surface area contributed by atoms with Gasteiger partial charge in [0.25, 0.3) is 0 Å². The van der Waals surface area contributed by atoms with E-state index in [1.165, 1.54) is 0 Å². The van der Waals surface area contributed by atoms with Gasteiger partial charge in [-0.3, -0.25) is 4.79 Å². The lowest BCUT2D eigenvalue weighted by atomic mass is 9.52. The van der Waals surface area contributed by atoms with Crippen molar-refractivity contribution in [2.45, 2.75) is 76.2 Å². The van der Waals surface area contributed by atoms with Crippen LogP contribution in [0.1, 0.15) is 46.0 Å². The van der Waals surface area contributed by atoms with E-state index < -0.39 is 11.9 Å². The second kappa shape index (κ2) is 5.38. The molecule has 0 radical (unpaired) electrons. The van der Waals surface area contributed by atoms with Gasteiger partial charge in [-0.2, -0.15) is 0 Å². The lowest BCUT2D eigenvalue weighted by molar-refractivity contribution is -0.208. The highest BCUT2D eigenvalue weighted by Crippen LogP contribution is 2.58. The van der Waals surface area contributed by atoms with E-state index in [9.17, 15) is 9.90 Å². The van der Waals surface area contributed by atoms with Crippen LogP contribution in [0.5, 0.6) is 0 Å². The molecule has 0 amide bonds. The van der Waals surface area contributed by atoms with Gasteiger partial charge in [-0.1, -0.05) is 19.9 Å². The summed E-state index contributed by atoms with van der Waals surface area (Å²) in [6.45, 7) is 5.05. The second-order valence-corrected chi connectivity index (χ2v) is 9.16. The average Bonchev–Trinajstić information content (AvgIpc) is 2.95. The Labute approximate surface area is 148 Å². The van der Waals surface area contributed by atoms with E-state index in [-0.39, 0.29) is 17.6 Å². The largest absolute Gasteiger partial charge is 0.389 e. The molecule has 5 nitrogen and oxygen atoms in total. The predicted octanol–water partition coefficient (Wildman–Crippen LogP) is 2.22. The molecule has 5 heteroatoms.